The zero-order valence-corrected chi connectivity index (χ0v) is 15.4. The molecule has 0 aliphatic rings. The number of nitrogens with two attached hydrogens (primary N) is 1. The van der Waals surface area contributed by atoms with E-state index in [0.717, 1.165) is 11.1 Å². The van der Waals surface area contributed by atoms with Crippen molar-refractivity contribution in [2.24, 2.45) is 5.73 Å². The maximum atomic E-state index is 12.8. The van der Waals surface area contributed by atoms with Gasteiger partial charge in [0, 0.05) is 17.6 Å². The third-order valence-corrected chi connectivity index (χ3v) is 4.11. The first kappa shape index (κ1) is 18.3. The second-order valence-corrected chi connectivity index (χ2v) is 6.62. The van der Waals surface area contributed by atoms with Gasteiger partial charge in [-0.3, -0.25) is 14.4 Å². The van der Waals surface area contributed by atoms with Gasteiger partial charge in [0.15, 0.2) is 0 Å². The van der Waals surface area contributed by atoms with E-state index in [1.807, 2.05) is 32.0 Å². The van der Waals surface area contributed by atoms with Crippen LogP contribution in [0.2, 0.25) is 0 Å². The van der Waals surface area contributed by atoms with Crippen molar-refractivity contribution in [3.63, 3.8) is 0 Å². The summed E-state index contributed by atoms with van der Waals surface area (Å²) in [7, 11) is 0. The van der Waals surface area contributed by atoms with Crippen LogP contribution < -0.4 is 16.5 Å². The second-order valence-electron chi connectivity index (χ2n) is 6.62. The maximum absolute atomic E-state index is 12.8. The lowest BCUT2D eigenvalue weighted by atomic mass is 10.1. The molecule has 27 heavy (non-hydrogen) atoms. The Labute approximate surface area is 155 Å². The van der Waals surface area contributed by atoms with Crippen molar-refractivity contribution >= 4 is 28.5 Å². The molecule has 3 N–H and O–H groups in total. The van der Waals surface area contributed by atoms with Crippen LogP contribution >= 0.6 is 0 Å². The minimum absolute atomic E-state index is 0.0754. The van der Waals surface area contributed by atoms with E-state index in [1.54, 1.807) is 19.1 Å². The van der Waals surface area contributed by atoms with Crippen molar-refractivity contribution < 1.29 is 9.59 Å². The summed E-state index contributed by atoms with van der Waals surface area (Å²) in [4.78, 5) is 41.3. The van der Waals surface area contributed by atoms with E-state index in [1.165, 1.54) is 10.8 Å². The summed E-state index contributed by atoms with van der Waals surface area (Å²) in [5, 5.41) is 3.01. The van der Waals surface area contributed by atoms with Crippen LogP contribution in [0.5, 0.6) is 0 Å². The monoisotopic (exact) mass is 364 g/mol. The number of carbonyl (C=O) groups is 2. The maximum Gasteiger partial charge on any atom is 0.261 e. The molecule has 2 aromatic heterocycles. The smallest absolute Gasteiger partial charge is 0.261 e. The fraction of sp³-hybridized carbons (Fsp3) is 0.200. The molecule has 7 heteroatoms. The van der Waals surface area contributed by atoms with Gasteiger partial charge in [0.05, 0.1) is 5.39 Å². The minimum atomic E-state index is -0.594. The van der Waals surface area contributed by atoms with Gasteiger partial charge in [0.25, 0.3) is 5.91 Å². The highest BCUT2D eigenvalue weighted by atomic mass is 16.2. The van der Waals surface area contributed by atoms with Gasteiger partial charge in [-0.05, 0) is 56.2 Å². The molecule has 3 rings (SSSR count). The highest BCUT2D eigenvalue weighted by Crippen LogP contribution is 2.16. The molecule has 2 heterocycles. The first-order valence-electron chi connectivity index (χ1n) is 8.43. The molecule has 0 spiro atoms. The highest BCUT2D eigenvalue weighted by molar-refractivity contribution is 6.05. The van der Waals surface area contributed by atoms with Crippen LogP contribution in [0.25, 0.3) is 11.0 Å². The van der Waals surface area contributed by atoms with Gasteiger partial charge in [-0.15, -0.1) is 0 Å². The highest BCUT2D eigenvalue weighted by Gasteiger charge is 2.17. The number of rotatable bonds is 4. The third-order valence-electron chi connectivity index (χ3n) is 4.11. The Morgan fingerprint density at radius 2 is 1.78 bits per heavy atom. The molecule has 0 atom stereocenters. The average molecular weight is 364 g/mol. The second kappa shape index (κ2) is 7.03. The van der Waals surface area contributed by atoms with Crippen LogP contribution in [-0.2, 0) is 11.3 Å². The van der Waals surface area contributed by atoms with Crippen molar-refractivity contribution in [2.75, 3.05) is 5.32 Å². The number of benzene rings is 1. The van der Waals surface area contributed by atoms with E-state index in [9.17, 15) is 14.4 Å². The van der Waals surface area contributed by atoms with E-state index in [2.05, 4.69) is 10.3 Å². The first-order valence-corrected chi connectivity index (χ1v) is 8.43. The van der Waals surface area contributed by atoms with Gasteiger partial charge in [-0.1, -0.05) is 6.07 Å². The fourth-order valence-electron chi connectivity index (χ4n) is 3.06. The number of anilines is 1. The summed E-state index contributed by atoms with van der Waals surface area (Å²) < 4.78 is 1.43. The normalized spacial score (nSPS) is 10.8. The van der Waals surface area contributed by atoms with Crippen LogP contribution in [0.4, 0.5) is 5.69 Å². The molecule has 0 fully saturated rings. The standard InChI is InChI=1S/C20H20N4O3/c1-11-6-12(2)8-14(7-11)23-20(27)16-9-24(10-17(21)25)19-15(18(16)26)5-4-13(3)22-19/h4-9H,10H2,1-3H3,(H2,21,25)(H,23,27). The molecular formula is C20H20N4O3. The van der Waals surface area contributed by atoms with Gasteiger partial charge >= 0.3 is 0 Å². The predicted molar refractivity (Wildman–Crippen MR) is 104 cm³/mol. The lowest BCUT2D eigenvalue weighted by molar-refractivity contribution is -0.118. The number of amides is 2. The van der Waals surface area contributed by atoms with Crippen LogP contribution in [0.15, 0.2) is 41.3 Å². The van der Waals surface area contributed by atoms with Crippen molar-refractivity contribution in [1.82, 2.24) is 9.55 Å². The lowest BCUT2D eigenvalue weighted by Gasteiger charge is -2.12. The summed E-state index contributed by atoms with van der Waals surface area (Å²) >= 11 is 0. The largest absolute Gasteiger partial charge is 0.368 e. The van der Waals surface area contributed by atoms with Gasteiger partial charge in [-0.25, -0.2) is 4.98 Å². The molecule has 0 radical (unpaired) electrons. The lowest BCUT2D eigenvalue weighted by Crippen LogP contribution is -2.27. The summed E-state index contributed by atoms with van der Waals surface area (Å²) in [6, 6.07) is 8.91. The van der Waals surface area contributed by atoms with Crippen LogP contribution in [0.1, 0.15) is 27.2 Å². The quantitative estimate of drug-likeness (QED) is 0.739. The molecule has 138 valence electrons. The fourth-order valence-corrected chi connectivity index (χ4v) is 3.06. The summed E-state index contributed by atoms with van der Waals surface area (Å²) in [6.07, 6.45) is 1.33. The number of nitrogens with zero attached hydrogens (tertiary/aromatic N) is 2. The molecule has 0 saturated carbocycles. The Hall–Kier alpha value is -3.48. The Balaban J connectivity index is 2.11. The van der Waals surface area contributed by atoms with Gasteiger partial charge in [-0.2, -0.15) is 0 Å². The number of fused-ring (bicyclic) bond motifs is 1. The average Bonchev–Trinajstić information content (AvgIpc) is 2.55. The number of pyridine rings is 2. The van der Waals surface area contributed by atoms with Gasteiger partial charge in [0.2, 0.25) is 11.3 Å². The molecular weight excluding hydrogens is 344 g/mol. The van der Waals surface area contributed by atoms with Crippen molar-refractivity contribution in [3.8, 4) is 0 Å². The molecule has 0 unspecified atom stereocenters. The number of aryl methyl sites for hydroxylation is 3. The Morgan fingerprint density at radius 1 is 1.11 bits per heavy atom. The topological polar surface area (TPSA) is 107 Å². The van der Waals surface area contributed by atoms with Gasteiger partial charge in [0.1, 0.15) is 17.8 Å². The number of aromatic nitrogens is 2. The third kappa shape index (κ3) is 3.87. The molecule has 0 saturated heterocycles. The number of carbonyl (C=O) groups excluding carboxylic acids is 2. The number of nitrogens with one attached hydrogen (secondary N) is 1. The zero-order chi connectivity index (χ0) is 19.7. The molecule has 1 aromatic carbocycles. The van der Waals surface area contributed by atoms with Crippen LogP contribution in [0, 0.1) is 20.8 Å². The molecule has 0 aliphatic carbocycles. The van der Waals surface area contributed by atoms with Crippen molar-refractivity contribution in [3.05, 3.63) is 69.1 Å². The number of hydrogen-bond donors (Lipinski definition) is 2. The molecule has 3 aromatic rings. The summed E-state index contributed by atoms with van der Waals surface area (Å²) in [5.74, 6) is -1.14. The van der Waals surface area contributed by atoms with Crippen molar-refractivity contribution in [2.45, 2.75) is 27.3 Å². The molecule has 0 bridgehead atoms. The summed E-state index contributed by atoms with van der Waals surface area (Å²) in [5.41, 5.74) is 8.38. The Bertz CT molecular complexity index is 1110. The molecule has 7 nitrogen and oxygen atoms in total. The van der Waals surface area contributed by atoms with E-state index in [0.29, 0.717) is 17.0 Å². The predicted octanol–water partition coefficient (Wildman–Crippen LogP) is 2.06. The number of primary amides is 1. The van der Waals surface area contributed by atoms with Crippen molar-refractivity contribution in [1.29, 1.82) is 0 Å². The van der Waals surface area contributed by atoms with Crippen LogP contribution in [-0.4, -0.2) is 21.4 Å². The van der Waals surface area contributed by atoms with E-state index in [-0.39, 0.29) is 17.5 Å². The molecule has 2 amide bonds. The number of hydrogen-bond acceptors (Lipinski definition) is 4. The first-order chi connectivity index (χ1) is 12.7. The van der Waals surface area contributed by atoms with E-state index in [4.69, 9.17) is 5.73 Å². The Kier molecular flexibility index (Phi) is 4.77. The van der Waals surface area contributed by atoms with Crippen LogP contribution in [0.3, 0.4) is 0 Å². The van der Waals surface area contributed by atoms with E-state index < -0.39 is 17.2 Å². The molecule has 0 aliphatic heterocycles. The zero-order valence-electron chi connectivity index (χ0n) is 15.4. The van der Waals surface area contributed by atoms with Gasteiger partial charge < -0.3 is 15.6 Å². The minimum Gasteiger partial charge on any atom is -0.368 e. The van der Waals surface area contributed by atoms with E-state index >= 15 is 0 Å². The SMILES string of the molecule is Cc1cc(C)cc(NC(=O)c2cn(CC(N)=O)c3nc(C)ccc3c2=O)c1. The Morgan fingerprint density at radius 3 is 2.41 bits per heavy atom. The summed E-state index contributed by atoms with van der Waals surface area (Å²) in [6.45, 7) is 5.44.